The van der Waals surface area contributed by atoms with Crippen LogP contribution in [0.4, 0.5) is 4.39 Å². The molecule has 110 valence electrons. The minimum atomic E-state index is -1.25. The number of pyridine rings is 1. The van der Waals surface area contributed by atoms with Crippen molar-refractivity contribution in [2.45, 2.75) is 20.0 Å². The molecular weight excluding hydrogens is 271 g/mol. The van der Waals surface area contributed by atoms with E-state index in [4.69, 9.17) is 5.11 Å². The maximum Gasteiger partial charge on any atom is 0.338 e. The molecule has 0 saturated heterocycles. The van der Waals surface area contributed by atoms with Crippen molar-refractivity contribution in [3.63, 3.8) is 0 Å². The van der Waals surface area contributed by atoms with Crippen LogP contribution < -0.4 is 0 Å². The van der Waals surface area contributed by atoms with E-state index in [0.717, 1.165) is 17.8 Å². The zero-order valence-electron chi connectivity index (χ0n) is 11.8. The Kier molecular flexibility index (Phi) is 5.00. The lowest BCUT2D eigenvalue weighted by molar-refractivity contribution is 0.0691. The first-order valence-corrected chi connectivity index (χ1v) is 6.74. The number of benzene rings is 1. The highest BCUT2D eigenvalue weighted by Crippen LogP contribution is 2.14. The maximum atomic E-state index is 13.4. The fraction of sp³-hybridized carbons (Fsp3) is 0.250. The highest BCUT2D eigenvalue weighted by Gasteiger charge is 2.12. The van der Waals surface area contributed by atoms with E-state index < -0.39 is 11.8 Å². The number of hydrogen-bond acceptors (Lipinski definition) is 3. The first-order valence-electron chi connectivity index (χ1n) is 6.74. The van der Waals surface area contributed by atoms with Gasteiger partial charge in [-0.15, -0.1) is 0 Å². The molecule has 0 aliphatic carbocycles. The summed E-state index contributed by atoms with van der Waals surface area (Å²) >= 11 is 0. The van der Waals surface area contributed by atoms with Crippen molar-refractivity contribution in [1.82, 2.24) is 9.88 Å². The quantitative estimate of drug-likeness (QED) is 0.888. The molecule has 2 aromatic rings. The van der Waals surface area contributed by atoms with Crippen LogP contribution in [0.25, 0.3) is 0 Å². The lowest BCUT2D eigenvalue weighted by atomic mass is 10.1. The van der Waals surface area contributed by atoms with Gasteiger partial charge in [0.2, 0.25) is 0 Å². The SMILES string of the molecule is CCN(Cc1ccc(F)c(C(=O)O)c1)Cc1ccccn1. The van der Waals surface area contributed by atoms with Crippen molar-refractivity contribution in [1.29, 1.82) is 0 Å². The summed E-state index contributed by atoms with van der Waals surface area (Å²) in [5.41, 5.74) is 1.42. The number of carboxylic acid groups (broad SMARTS) is 1. The van der Waals surface area contributed by atoms with Crippen LogP contribution in [0.5, 0.6) is 0 Å². The number of halogens is 1. The Bertz CT molecular complexity index is 617. The summed E-state index contributed by atoms with van der Waals surface area (Å²) in [4.78, 5) is 17.3. The third-order valence-corrected chi connectivity index (χ3v) is 3.23. The fourth-order valence-electron chi connectivity index (χ4n) is 2.09. The Hall–Kier alpha value is -2.27. The first kappa shape index (κ1) is 15.1. The Balaban J connectivity index is 2.11. The normalized spacial score (nSPS) is 10.8. The number of aromatic carboxylic acids is 1. The van der Waals surface area contributed by atoms with Gasteiger partial charge < -0.3 is 5.11 Å². The van der Waals surface area contributed by atoms with E-state index in [0.29, 0.717) is 13.1 Å². The summed E-state index contributed by atoms with van der Waals surface area (Å²) in [6.07, 6.45) is 1.74. The molecular formula is C16H17FN2O2. The molecule has 5 heteroatoms. The van der Waals surface area contributed by atoms with E-state index in [1.165, 1.54) is 12.1 Å². The van der Waals surface area contributed by atoms with Crippen LogP contribution in [-0.2, 0) is 13.1 Å². The van der Waals surface area contributed by atoms with Gasteiger partial charge in [0.15, 0.2) is 0 Å². The van der Waals surface area contributed by atoms with E-state index in [1.54, 1.807) is 12.3 Å². The van der Waals surface area contributed by atoms with Crippen LogP contribution in [0, 0.1) is 5.82 Å². The summed E-state index contributed by atoms with van der Waals surface area (Å²) in [6, 6.07) is 9.93. The molecule has 0 amide bonds. The molecule has 0 atom stereocenters. The van der Waals surface area contributed by atoms with Crippen LogP contribution in [0.3, 0.4) is 0 Å². The third-order valence-electron chi connectivity index (χ3n) is 3.23. The standard InChI is InChI=1S/C16H17FN2O2/c1-2-19(11-13-5-3-4-8-18-13)10-12-6-7-15(17)14(9-12)16(20)21/h3-9H,2,10-11H2,1H3,(H,20,21). The fourth-order valence-corrected chi connectivity index (χ4v) is 2.09. The molecule has 0 aliphatic rings. The van der Waals surface area contributed by atoms with E-state index in [9.17, 15) is 9.18 Å². The summed E-state index contributed by atoms with van der Waals surface area (Å²) in [6.45, 7) is 4.02. The summed E-state index contributed by atoms with van der Waals surface area (Å²) in [5, 5.41) is 8.95. The zero-order chi connectivity index (χ0) is 15.2. The van der Waals surface area contributed by atoms with Gasteiger partial charge in [0.05, 0.1) is 11.3 Å². The van der Waals surface area contributed by atoms with Crippen molar-refractivity contribution in [3.05, 3.63) is 65.2 Å². The number of aromatic nitrogens is 1. The number of carbonyl (C=O) groups is 1. The van der Waals surface area contributed by atoms with Gasteiger partial charge in [0.25, 0.3) is 0 Å². The molecule has 1 heterocycles. The summed E-state index contributed by atoms with van der Waals surface area (Å²) in [7, 11) is 0. The Morgan fingerprint density at radius 2 is 2.10 bits per heavy atom. The van der Waals surface area contributed by atoms with E-state index >= 15 is 0 Å². The van der Waals surface area contributed by atoms with Crippen molar-refractivity contribution < 1.29 is 14.3 Å². The van der Waals surface area contributed by atoms with Crippen LogP contribution in [-0.4, -0.2) is 27.5 Å². The second-order valence-corrected chi connectivity index (χ2v) is 4.74. The van der Waals surface area contributed by atoms with Gasteiger partial charge in [-0.05, 0) is 36.4 Å². The molecule has 2 rings (SSSR count). The van der Waals surface area contributed by atoms with Crippen molar-refractivity contribution in [2.75, 3.05) is 6.54 Å². The average molecular weight is 288 g/mol. The Morgan fingerprint density at radius 3 is 2.71 bits per heavy atom. The third kappa shape index (κ3) is 4.10. The Labute approximate surface area is 122 Å². The van der Waals surface area contributed by atoms with Gasteiger partial charge in [-0.1, -0.05) is 19.1 Å². The minimum absolute atomic E-state index is 0.290. The van der Waals surface area contributed by atoms with Gasteiger partial charge in [-0.25, -0.2) is 9.18 Å². The molecule has 1 aromatic carbocycles. The van der Waals surface area contributed by atoms with E-state index in [2.05, 4.69) is 9.88 Å². The Morgan fingerprint density at radius 1 is 1.29 bits per heavy atom. The summed E-state index contributed by atoms with van der Waals surface area (Å²) in [5.74, 6) is -1.96. The molecule has 21 heavy (non-hydrogen) atoms. The van der Waals surface area contributed by atoms with Crippen molar-refractivity contribution in [3.8, 4) is 0 Å². The smallest absolute Gasteiger partial charge is 0.338 e. The van der Waals surface area contributed by atoms with E-state index in [1.807, 2.05) is 25.1 Å². The predicted octanol–water partition coefficient (Wildman–Crippen LogP) is 2.94. The number of carboxylic acids is 1. The molecule has 0 spiro atoms. The molecule has 0 bridgehead atoms. The topological polar surface area (TPSA) is 53.4 Å². The van der Waals surface area contributed by atoms with Crippen LogP contribution in [0.2, 0.25) is 0 Å². The lowest BCUT2D eigenvalue weighted by Gasteiger charge is -2.20. The van der Waals surface area contributed by atoms with Crippen LogP contribution in [0.15, 0.2) is 42.6 Å². The highest BCUT2D eigenvalue weighted by molar-refractivity contribution is 5.88. The molecule has 4 nitrogen and oxygen atoms in total. The maximum absolute atomic E-state index is 13.4. The monoisotopic (exact) mass is 288 g/mol. The van der Waals surface area contributed by atoms with E-state index in [-0.39, 0.29) is 5.56 Å². The number of nitrogens with zero attached hydrogens (tertiary/aromatic N) is 2. The van der Waals surface area contributed by atoms with Gasteiger partial charge in [-0.2, -0.15) is 0 Å². The average Bonchev–Trinajstić information content (AvgIpc) is 2.49. The first-order chi connectivity index (χ1) is 10.1. The number of hydrogen-bond donors (Lipinski definition) is 1. The van der Waals surface area contributed by atoms with Gasteiger partial charge in [0, 0.05) is 19.3 Å². The van der Waals surface area contributed by atoms with Gasteiger partial charge in [0.1, 0.15) is 5.82 Å². The predicted molar refractivity (Wildman–Crippen MR) is 77.4 cm³/mol. The molecule has 0 fully saturated rings. The van der Waals surface area contributed by atoms with Crippen molar-refractivity contribution >= 4 is 5.97 Å². The lowest BCUT2D eigenvalue weighted by Crippen LogP contribution is -2.23. The van der Waals surface area contributed by atoms with Crippen molar-refractivity contribution in [2.24, 2.45) is 0 Å². The molecule has 0 saturated carbocycles. The molecule has 0 aliphatic heterocycles. The van der Waals surface area contributed by atoms with Gasteiger partial charge in [-0.3, -0.25) is 9.88 Å². The second-order valence-electron chi connectivity index (χ2n) is 4.74. The zero-order valence-corrected chi connectivity index (χ0v) is 11.8. The second kappa shape index (κ2) is 6.95. The van der Waals surface area contributed by atoms with Crippen LogP contribution in [0.1, 0.15) is 28.5 Å². The van der Waals surface area contributed by atoms with Crippen LogP contribution >= 0.6 is 0 Å². The minimum Gasteiger partial charge on any atom is -0.478 e. The molecule has 1 N–H and O–H groups in total. The van der Waals surface area contributed by atoms with Gasteiger partial charge >= 0.3 is 5.97 Å². The number of rotatable bonds is 6. The molecule has 0 unspecified atom stereocenters. The largest absolute Gasteiger partial charge is 0.478 e. The summed E-state index contributed by atoms with van der Waals surface area (Å²) < 4.78 is 13.4. The highest BCUT2D eigenvalue weighted by atomic mass is 19.1. The molecule has 1 aromatic heterocycles. The molecule has 0 radical (unpaired) electrons.